The lowest BCUT2D eigenvalue weighted by Gasteiger charge is -2.03. The number of nitrogen functional groups attached to an aromatic ring is 1. The number of hydrogen-bond donors (Lipinski definition) is 1. The third-order valence-electron chi connectivity index (χ3n) is 1.89. The van der Waals surface area contributed by atoms with Gasteiger partial charge in [-0.25, -0.2) is 9.97 Å². The predicted molar refractivity (Wildman–Crippen MR) is 61.7 cm³/mol. The van der Waals surface area contributed by atoms with Gasteiger partial charge >= 0.3 is 0 Å². The van der Waals surface area contributed by atoms with Gasteiger partial charge in [0.05, 0.1) is 11.9 Å². The zero-order valence-corrected chi connectivity index (χ0v) is 9.16. The van der Waals surface area contributed by atoms with E-state index in [1.807, 2.05) is 31.2 Å². The molecule has 0 saturated heterocycles. The number of rotatable bonds is 2. The Morgan fingerprint density at radius 1 is 1.27 bits per heavy atom. The normalized spacial score (nSPS) is 10.2. The lowest BCUT2D eigenvalue weighted by molar-refractivity contribution is 1.06. The Bertz CT molecular complexity index is 457. The molecule has 2 rings (SSSR count). The van der Waals surface area contributed by atoms with Crippen LogP contribution < -0.4 is 5.73 Å². The van der Waals surface area contributed by atoms with Gasteiger partial charge in [0, 0.05) is 6.20 Å². The molecule has 3 nitrogen and oxygen atoms in total. The van der Waals surface area contributed by atoms with Gasteiger partial charge in [0.1, 0.15) is 10.1 Å². The summed E-state index contributed by atoms with van der Waals surface area (Å²) in [4.78, 5) is 8.50. The first-order valence-electron chi connectivity index (χ1n) is 4.57. The monoisotopic (exact) mass is 217 g/mol. The first-order chi connectivity index (χ1) is 7.25. The summed E-state index contributed by atoms with van der Waals surface area (Å²) in [6.07, 6.45) is 3.44. The summed E-state index contributed by atoms with van der Waals surface area (Å²) in [6, 6.07) is 7.73. The van der Waals surface area contributed by atoms with Gasteiger partial charge in [-0.15, -0.1) is 0 Å². The molecule has 0 aliphatic carbocycles. The molecule has 76 valence electrons. The molecule has 0 spiro atoms. The van der Waals surface area contributed by atoms with E-state index >= 15 is 0 Å². The largest absolute Gasteiger partial charge is 0.397 e. The highest BCUT2D eigenvalue weighted by Crippen LogP contribution is 2.27. The molecule has 4 heteroatoms. The van der Waals surface area contributed by atoms with Crippen LogP contribution in [0.15, 0.2) is 46.7 Å². The van der Waals surface area contributed by atoms with E-state index in [9.17, 15) is 0 Å². The smallest absolute Gasteiger partial charge is 0.105 e. The molecule has 0 aliphatic heterocycles. The molecule has 0 radical (unpaired) electrons. The minimum atomic E-state index is 0.692. The summed E-state index contributed by atoms with van der Waals surface area (Å²) >= 11 is 1.55. The van der Waals surface area contributed by atoms with Crippen molar-refractivity contribution in [3.63, 3.8) is 0 Å². The van der Waals surface area contributed by atoms with Crippen molar-refractivity contribution in [1.29, 1.82) is 0 Å². The second-order valence-electron chi connectivity index (χ2n) is 3.16. The van der Waals surface area contributed by atoms with Gasteiger partial charge in [-0.2, -0.15) is 0 Å². The number of anilines is 1. The lowest BCUT2D eigenvalue weighted by atomic mass is 10.3. The Balaban J connectivity index is 2.25. The molecule has 0 aromatic carbocycles. The van der Waals surface area contributed by atoms with Crippen LogP contribution in [0.4, 0.5) is 5.69 Å². The summed E-state index contributed by atoms with van der Waals surface area (Å²) in [5, 5.41) is 1.89. The quantitative estimate of drug-likeness (QED) is 0.839. The van der Waals surface area contributed by atoms with Gasteiger partial charge in [-0.1, -0.05) is 6.07 Å². The molecule has 2 aromatic rings. The highest BCUT2D eigenvalue weighted by atomic mass is 32.2. The third-order valence-corrected chi connectivity index (χ3v) is 2.96. The zero-order valence-electron chi connectivity index (χ0n) is 8.34. The van der Waals surface area contributed by atoms with Gasteiger partial charge in [0.2, 0.25) is 0 Å². The molecule has 0 atom stereocenters. The fourth-order valence-electron chi connectivity index (χ4n) is 1.20. The van der Waals surface area contributed by atoms with Gasteiger partial charge in [-0.3, -0.25) is 0 Å². The van der Waals surface area contributed by atoms with Crippen LogP contribution in [0.1, 0.15) is 5.56 Å². The zero-order chi connectivity index (χ0) is 10.7. The maximum absolute atomic E-state index is 5.63. The number of pyridine rings is 2. The second kappa shape index (κ2) is 4.31. The lowest BCUT2D eigenvalue weighted by Crippen LogP contribution is -1.91. The minimum Gasteiger partial charge on any atom is -0.397 e. The van der Waals surface area contributed by atoms with Crippen molar-refractivity contribution in [3.8, 4) is 0 Å². The summed E-state index contributed by atoms with van der Waals surface area (Å²) in [5.74, 6) is 0. The number of hydrogen-bond acceptors (Lipinski definition) is 4. The Morgan fingerprint density at radius 3 is 2.80 bits per heavy atom. The van der Waals surface area contributed by atoms with E-state index in [0.717, 1.165) is 15.6 Å². The van der Waals surface area contributed by atoms with Crippen LogP contribution in [0.5, 0.6) is 0 Å². The minimum absolute atomic E-state index is 0.692. The Morgan fingerprint density at radius 2 is 2.13 bits per heavy atom. The third kappa shape index (κ3) is 2.47. The van der Waals surface area contributed by atoms with Crippen molar-refractivity contribution < 1.29 is 0 Å². The molecule has 0 saturated carbocycles. The topological polar surface area (TPSA) is 51.8 Å². The van der Waals surface area contributed by atoms with E-state index in [4.69, 9.17) is 5.73 Å². The van der Waals surface area contributed by atoms with Crippen LogP contribution in [0.25, 0.3) is 0 Å². The SMILES string of the molecule is Cc1cc(N)cnc1Sc1ccccn1. The van der Waals surface area contributed by atoms with E-state index in [-0.39, 0.29) is 0 Å². The molecule has 0 bridgehead atoms. The maximum Gasteiger partial charge on any atom is 0.105 e. The number of aryl methyl sites for hydroxylation is 1. The standard InChI is InChI=1S/C11H11N3S/c1-8-6-9(12)7-14-11(8)15-10-4-2-3-5-13-10/h2-7H,12H2,1H3. The summed E-state index contributed by atoms with van der Waals surface area (Å²) in [6.45, 7) is 1.99. The van der Waals surface area contributed by atoms with Gasteiger partial charge < -0.3 is 5.73 Å². The van der Waals surface area contributed by atoms with Crippen LogP contribution in [0.2, 0.25) is 0 Å². The number of aromatic nitrogens is 2. The molecule has 0 fully saturated rings. The first kappa shape index (κ1) is 9.98. The second-order valence-corrected chi connectivity index (χ2v) is 4.17. The fourth-order valence-corrected chi connectivity index (χ4v) is 1.98. The Labute approximate surface area is 92.8 Å². The molecular formula is C11H11N3S. The van der Waals surface area contributed by atoms with Crippen LogP contribution in [-0.4, -0.2) is 9.97 Å². The van der Waals surface area contributed by atoms with Gasteiger partial charge in [0.25, 0.3) is 0 Å². The van der Waals surface area contributed by atoms with Crippen LogP contribution in [0.3, 0.4) is 0 Å². The molecule has 2 N–H and O–H groups in total. The van der Waals surface area contributed by atoms with Crippen molar-refractivity contribution in [2.24, 2.45) is 0 Å². The van der Waals surface area contributed by atoms with E-state index in [1.54, 1.807) is 24.2 Å². The van der Waals surface area contributed by atoms with Gasteiger partial charge in [0.15, 0.2) is 0 Å². The maximum atomic E-state index is 5.63. The van der Waals surface area contributed by atoms with E-state index in [1.165, 1.54) is 0 Å². The molecule has 2 heterocycles. The van der Waals surface area contributed by atoms with E-state index in [2.05, 4.69) is 9.97 Å². The molecular weight excluding hydrogens is 206 g/mol. The van der Waals surface area contributed by atoms with Crippen molar-refractivity contribution in [3.05, 3.63) is 42.2 Å². The van der Waals surface area contributed by atoms with Crippen LogP contribution >= 0.6 is 11.8 Å². The first-order valence-corrected chi connectivity index (χ1v) is 5.38. The average Bonchev–Trinajstić information content (AvgIpc) is 2.24. The van der Waals surface area contributed by atoms with Gasteiger partial charge in [-0.05, 0) is 42.4 Å². The van der Waals surface area contributed by atoms with E-state index in [0.29, 0.717) is 5.69 Å². The van der Waals surface area contributed by atoms with Crippen LogP contribution in [0, 0.1) is 6.92 Å². The molecule has 0 aliphatic rings. The highest BCUT2D eigenvalue weighted by Gasteiger charge is 2.03. The Hall–Kier alpha value is -1.55. The van der Waals surface area contributed by atoms with Crippen molar-refractivity contribution in [2.45, 2.75) is 17.0 Å². The van der Waals surface area contributed by atoms with E-state index < -0.39 is 0 Å². The molecule has 2 aromatic heterocycles. The highest BCUT2D eigenvalue weighted by molar-refractivity contribution is 7.99. The number of nitrogens with zero attached hydrogens (tertiary/aromatic N) is 2. The summed E-state index contributed by atoms with van der Waals surface area (Å²) in [7, 11) is 0. The summed E-state index contributed by atoms with van der Waals surface area (Å²) < 4.78 is 0. The van der Waals surface area contributed by atoms with Crippen molar-refractivity contribution in [1.82, 2.24) is 9.97 Å². The van der Waals surface area contributed by atoms with Crippen molar-refractivity contribution >= 4 is 17.4 Å². The predicted octanol–water partition coefficient (Wildman–Crippen LogP) is 2.52. The Kier molecular flexibility index (Phi) is 2.87. The molecule has 0 unspecified atom stereocenters. The average molecular weight is 217 g/mol. The van der Waals surface area contributed by atoms with Crippen LogP contribution in [-0.2, 0) is 0 Å². The molecule has 15 heavy (non-hydrogen) atoms. The molecule has 0 amide bonds. The summed E-state index contributed by atoms with van der Waals surface area (Å²) in [5.41, 5.74) is 7.40. The number of nitrogens with two attached hydrogens (primary N) is 1. The fraction of sp³-hybridized carbons (Fsp3) is 0.0909. The van der Waals surface area contributed by atoms with Crippen molar-refractivity contribution in [2.75, 3.05) is 5.73 Å².